The van der Waals surface area contributed by atoms with Crippen LogP contribution in [0.1, 0.15) is 54.0 Å². The van der Waals surface area contributed by atoms with Crippen molar-refractivity contribution < 1.29 is 19.4 Å². The van der Waals surface area contributed by atoms with E-state index in [0.29, 0.717) is 17.9 Å². The number of carbonyl (C=O) groups is 2. The highest BCUT2D eigenvalue weighted by atomic mass is 35.5. The summed E-state index contributed by atoms with van der Waals surface area (Å²) in [6, 6.07) is 2.91. The standard InChI is InChI=1S/C14H17ClO4/c1-5-19-9-7-6-8(13(17)18)11(14(2,3)4)10(9)12(15)16/h6-7H,5H2,1-4H3,(H,17,18). The molecule has 0 heterocycles. The lowest BCUT2D eigenvalue weighted by molar-refractivity contribution is 0.0694. The fraction of sp³-hybridized carbons (Fsp3) is 0.429. The van der Waals surface area contributed by atoms with Gasteiger partial charge in [-0.2, -0.15) is 0 Å². The minimum absolute atomic E-state index is 0.0694. The van der Waals surface area contributed by atoms with Gasteiger partial charge >= 0.3 is 5.97 Å². The molecule has 4 nitrogen and oxygen atoms in total. The molecule has 0 bridgehead atoms. The number of rotatable bonds is 4. The monoisotopic (exact) mass is 284 g/mol. The number of halogens is 1. The third kappa shape index (κ3) is 3.26. The van der Waals surface area contributed by atoms with Gasteiger partial charge in [-0.3, -0.25) is 4.79 Å². The van der Waals surface area contributed by atoms with E-state index < -0.39 is 16.6 Å². The molecule has 1 aromatic rings. The number of hydrogen-bond donors (Lipinski definition) is 1. The van der Waals surface area contributed by atoms with Crippen LogP contribution in [0.15, 0.2) is 12.1 Å². The van der Waals surface area contributed by atoms with Crippen molar-refractivity contribution in [3.8, 4) is 5.75 Å². The van der Waals surface area contributed by atoms with Gasteiger partial charge in [-0.25, -0.2) is 4.79 Å². The maximum atomic E-state index is 11.7. The van der Waals surface area contributed by atoms with Crippen LogP contribution in [0.5, 0.6) is 5.75 Å². The van der Waals surface area contributed by atoms with Gasteiger partial charge in [0.2, 0.25) is 0 Å². The number of ether oxygens (including phenoxy) is 1. The highest BCUT2D eigenvalue weighted by molar-refractivity contribution is 6.68. The molecule has 0 radical (unpaired) electrons. The average molecular weight is 285 g/mol. The van der Waals surface area contributed by atoms with Crippen LogP contribution in [-0.4, -0.2) is 22.9 Å². The summed E-state index contributed by atoms with van der Waals surface area (Å²) < 4.78 is 5.37. The maximum absolute atomic E-state index is 11.7. The molecular formula is C14H17ClO4. The number of benzene rings is 1. The molecule has 104 valence electrons. The molecule has 5 heteroatoms. The van der Waals surface area contributed by atoms with Crippen LogP contribution in [0.3, 0.4) is 0 Å². The third-order valence-corrected chi connectivity index (χ3v) is 2.83. The van der Waals surface area contributed by atoms with Gasteiger partial charge in [0, 0.05) is 0 Å². The summed E-state index contributed by atoms with van der Waals surface area (Å²) in [4.78, 5) is 23.0. The van der Waals surface area contributed by atoms with Crippen molar-refractivity contribution in [1.82, 2.24) is 0 Å². The Hall–Kier alpha value is -1.55. The Bertz CT molecular complexity index is 515. The van der Waals surface area contributed by atoms with Crippen LogP contribution in [-0.2, 0) is 5.41 Å². The zero-order valence-electron chi connectivity index (χ0n) is 11.4. The normalized spacial score (nSPS) is 11.2. The fourth-order valence-electron chi connectivity index (χ4n) is 2.01. The van der Waals surface area contributed by atoms with Gasteiger partial charge in [0.05, 0.1) is 17.7 Å². The van der Waals surface area contributed by atoms with Gasteiger partial charge in [0.1, 0.15) is 5.75 Å². The van der Waals surface area contributed by atoms with E-state index in [9.17, 15) is 14.7 Å². The van der Waals surface area contributed by atoms with E-state index in [4.69, 9.17) is 16.3 Å². The number of hydrogen-bond acceptors (Lipinski definition) is 3. The van der Waals surface area contributed by atoms with Crippen LogP contribution in [0, 0.1) is 0 Å². The Morgan fingerprint density at radius 2 is 1.89 bits per heavy atom. The minimum Gasteiger partial charge on any atom is -0.493 e. The Morgan fingerprint density at radius 1 is 1.32 bits per heavy atom. The number of aromatic carboxylic acids is 1. The Morgan fingerprint density at radius 3 is 2.26 bits per heavy atom. The zero-order chi connectivity index (χ0) is 14.8. The second kappa shape index (κ2) is 5.61. The highest BCUT2D eigenvalue weighted by Gasteiger charge is 2.30. The van der Waals surface area contributed by atoms with Gasteiger partial charge < -0.3 is 9.84 Å². The molecule has 0 aromatic heterocycles. The molecule has 19 heavy (non-hydrogen) atoms. The Kier molecular flexibility index (Phi) is 4.58. The summed E-state index contributed by atoms with van der Waals surface area (Å²) in [5.74, 6) is -0.774. The van der Waals surface area contributed by atoms with Crippen molar-refractivity contribution in [2.45, 2.75) is 33.1 Å². The number of carboxylic acid groups (broad SMARTS) is 1. The molecule has 1 aromatic carbocycles. The molecule has 0 aliphatic rings. The lowest BCUT2D eigenvalue weighted by Crippen LogP contribution is -2.21. The largest absolute Gasteiger partial charge is 0.493 e. The maximum Gasteiger partial charge on any atom is 0.336 e. The second-order valence-corrected chi connectivity index (χ2v) is 5.47. The number of carboxylic acids is 1. The van der Waals surface area contributed by atoms with Crippen LogP contribution in [0.4, 0.5) is 0 Å². The van der Waals surface area contributed by atoms with E-state index in [2.05, 4.69) is 0 Å². The van der Waals surface area contributed by atoms with E-state index in [1.54, 1.807) is 6.92 Å². The first kappa shape index (κ1) is 15.5. The average Bonchev–Trinajstić information content (AvgIpc) is 2.26. The van der Waals surface area contributed by atoms with Crippen molar-refractivity contribution in [2.75, 3.05) is 6.61 Å². The van der Waals surface area contributed by atoms with Crippen molar-refractivity contribution >= 4 is 22.8 Å². The predicted molar refractivity (Wildman–Crippen MR) is 73.5 cm³/mol. The molecule has 0 saturated carbocycles. The molecule has 1 N–H and O–H groups in total. The topological polar surface area (TPSA) is 63.6 Å². The lowest BCUT2D eigenvalue weighted by Gasteiger charge is -2.25. The summed E-state index contributed by atoms with van der Waals surface area (Å²) in [6.07, 6.45) is 0. The smallest absolute Gasteiger partial charge is 0.336 e. The molecule has 0 spiro atoms. The van der Waals surface area contributed by atoms with Crippen LogP contribution in [0.2, 0.25) is 0 Å². The third-order valence-electron chi connectivity index (χ3n) is 2.64. The highest BCUT2D eigenvalue weighted by Crippen LogP contribution is 2.36. The fourth-order valence-corrected chi connectivity index (χ4v) is 2.20. The Balaban J connectivity index is 3.72. The molecule has 0 atom stereocenters. The zero-order valence-corrected chi connectivity index (χ0v) is 12.2. The van der Waals surface area contributed by atoms with Crippen molar-refractivity contribution in [2.24, 2.45) is 0 Å². The predicted octanol–water partition coefficient (Wildman–Crippen LogP) is 3.46. The molecular weight excluding hydrogens is 268 g/mol. The first-order chi connectivity index (χ1) is 8.70. The first-order valence-corrected chi connectivity index (χ1v) is 6.31. The van der Waals surface area contributed by atoms with Crippen molar-refractivity contribution in [3.05, 3.63) is 28.8 Å². The van der Waals surface area contributed by atoms with Crippen LogP contribution >= 0.6 is 11.6 Å². The van der Waals surface area contributed by atoms with E-state index in [-0.39, 0.29) is 11.1 Å². The Labute approximate surface area is 117 Å². The molecule has 0 unspecified atom stereocenters. The van der Waals surface area contributed by atoms with Crippen LogP contribution in [0.25, 0.3) is 0 Å². The minimum atomic E-state index is -1.09. The van der Waals surface area contributed by atoms with E-state index in [1.165, 1.54) is 12.1 Å². The van der Waals surface area contributed by atoms with Crippen LogP contribution < -0.4 is 4.74 Å². The van der Waals surface area contributed by atoms with Gasteiger partial charge in [0.15, 0.2) is 0 Å². The summed E-state index contributed by atoms with van der Waals surface area (Å²) in [6.45, 7) is 7.63. The van der Waals surface area contributed by atoms with Gasteiger partial charge in [-0.05, 0) is 41.6 Å². The molecule has 0 aliphatic heterocycles. The van der Waals surface area contributed by atoms with Gasteiger partial charge in [0.25, 0.3) is 5.24 Å². The molecule has 0 fully saturated rings. The molecule has 0 saturated heterocycles. The number of carbonyl (C=O) groups excluding carboxylic acids is 1. The molecule has 1 rings (SSSR count). The lowest BCUT2D eigenvalue weighted by atomic mass is 9.80. The summed E-state index contributed by atoms with van der Waals surface area (Å²) in [7, 11) is 0. The SMILES string of the molecule is CCOc1ccc(C(=O)O)c(C(C)(C)C)c1C(=O)Cl. The van der Waals surface area contributed by atoms with Crippen molar-refractivity contribution in [3.63, 3.8) is 0 Å². The summed E-state index contributed by atoms with van der Waals surface area (Å²) in [5, 5.41) is 8.55. The molecule has 0 aliphatic carbocycles. The van der Waals surface area contributed by atoms with Crippen molar-refractivity contribution in [1.29, 1.82) is 0 Å². The molecule has 0 amide bonds. The van der Waals surface area contributed by atoms with E-state index in [0.717, 1.165) is 0 Å². The first-order valence-electron chi connectivity index (χ1n) is 5.93. The second-order valence-electron chi connectivity index (χ2n) is 5.12. The summed E-state index contributed by atoms with van der Waals surface area (Å²) in [5.41, 5.74) is 0.0580. The van der Waals surface area contributed by atoms with Gasteiger partial charge in [-0.15, -0.1) is 0 Å². The van der Waals surface area contributed by atoms with E-state index >= 15 is 0 Å². The summed E-state index contributed by atoms with van der Waals surface area (Å²) >= 11 is 5.62. The van der Waals surface area contributed by atoms with E-state index in [1.807, 2.05) is 20.8 Å². The van der Waals surface area contributed by atoms with Gasteiger partial charge in [-0.1, -0.05) is 20.8 Å². The quantitative estimate of drug-likeness (QED) is 0.860.